The van der Waals surface area contributed by atoms with Gasteiger partial charge in [-0.3, -0.25) is 4.79 Å². The third-order valence-electron chi connectivity index (χ3n) is 2.53. The first-order valence-corrected chi connectivity index (χ1v) is 6.99. The first-order chi connectivity index (χ1) is 12.0. The van der Waals surface area contributed by atoms with Crippen molar-refractivity contribution in [3.05, 3.63) is 71.4 Å². The second kappa shape index (κ2) is 11.9. The lowest BCUT2D eigenvalue weighted by Crippen LogP contribution is -1.85. The molecule has 0 aliphatic carbocycles. The fourth-order valence-corrected chi connectivity index (χ4v) is 1.40. The van der Waals surface area contributed by atoms with E-state index in [2.05, 4.69) is 19.1 Å². The summed E-state index contributed by atoms with van der Waals surface area (Å²) in [6.07, 6.45) is 14.0. The van der Waals surface area contributed by atoms with Crippen LogP contribution in [-0.2, 0) is 4.79 Å². The van der Waals surface area contributed by atoms with Crippen molar-refractivity contribution in [3.63, 3.8) is 0 Å². The van der Waals surface area contributed by atoms with Crippen molar-refractivity contribution in [2.45, 2.75) is 41.0 Å². The number of carbonyl (C=O) groups excluding carboxylic acids is 1. The summed E-state index contributed by atoms with van der Waals surface area (Å²) in [6, 6.07) is -1.04. The van der Waals surface area contributed by atoms with Crippen molar-refractivity contribution in [1.29, 1.82) is 0 Å². The monoisotopic (exact) mass is 289 g/mol. The summed E-state index contributed by atoms with van der Waals surface area (Å²) in [5.41, 5.74) is 1.55. The quantitative estimate of drug-likeness (QED) is 0.316. The Labute approximate surface area is 137 Å². The van der Waals surface area contributed by atoms with Gasteiger partial charge in [-0.25, -0.2) is 0 Å². The Morgan fingerprint density at radius 3 is 2.57 bits per heavy atom. The van der Waals surface area contributed by atoms with Gasteiger partial charge in [-0.1, -0.05) is 66.7 Å². The maximum atomic E-state index is 10.7. The van der Waals surface area contributed by atoms with Crippen LogP contribution in [0.5, 0.6) is 0 Å². The third-order valence-corrected chi connectivity index (χ3v) is 2.53. The molecule has 21 heavy (non-hydrogen) atoms. The van der Waals surface area contributed by atoms with E-state index in [0.717, 1.165) is 12.0 Å². The Kier molecular flexibility index (Phi) is 6.65. The van der Waals surface area contributed by atoms with Gasteiger partial charge >= 0.3 is 0 Å². The Balaban J connectivity index is 5.05. The molecule has 114 valence electrons. The lowest BCUT2D eigenvalue weighted by molar-refractivity contribution is -0.104. The van der Waals surface area contributed by atoms with E-state index in [1.54, 1.807) is 6.08 Å². The highest BCUT2D eigenvalue weighted by Crippen LogP contribution is 2.07. The molecule has 0 saturated heterocycles. The van der Waals surface area contributed by atoms with E-state index < -0.39 is 18.5 Å². The number of carbonyl (C=O) groups is 1. The normalized spacial score (nSPS) is 20.1. The molecule has 0 aliphatic heterocycles. The molecule has 1 heteroatoms. The SMILES string of the molecule is [2H]C(=C\C=C(C)\C=C\CC(C)/C=C/C=C(C)C)/C(=C(\[2H])C=O)C([2H])([2H])[2H]. The summed E-state index contributed by atoms with van der Waals surface area (Å²) in [7, 11) is 0. The summed E-state index contributed by atoms with van der Waals surface area (Å²) in [4.78, 5) is 10.7. The van der Waals surface area contributed by atoms with Crippen LogP contribution in [0, 0.1) is 5.92 Å². The number of rotatable bonds is 8. The molecule has 1 unspecified atom stereocenters. The van der Waals surface area contributed by atoms with Crippen LogP contribution in [-0.4, -0.2) is 6.29 Å². The molecule has 0 N–H and O–H groups in total. The molecule has 0 aromatic heterocycles. The molecule has 0 radical (unpaired) electrons. The van der Waals surface area contributed by atoms with Gasteiger partial charge < -0.3 is 0 Å². The van der Waals surface area contributed by atoms with Crippen molar-refractivity contribution in [2.75, 3.05) is 0 Å². The van der Waals surface area contributed by atoms with Crippen LogP contribution >= 0.6 is 0 Å². The minimum absolute atomic E-state index is 0.144. The largest absolute Gasteiger partial charge is 0.299 e. The Bertz CT molecular complexity index is 654. The van der Waals surface area contributed by atoms with Crippen LogP contribution in [0.2, 0.25) is 0 Å². The molecule has 0 aromatic carbocycles. The maximum Gasteiger partial charge on any atom is 0.143 e. The van der Waals surface area contributed by atoms with Crippen molar-refractivity contribution in [2.24, 2.45) is 5.92 Å². The minimum Gasteiger partial charge on any atom is -0.299 e. The molecule has 0 aromatic rings. The van der Waals surface area contributed by atoms with Gasteiger partial charge in [-0.05, 0) is 51.6 Å². The molecule has 1 atom stereocenters. The lowest BCUT2D eigenvalue weighted by Gasteiger charge is -2.00. The third kappa shape index (κ3) is 12.9. The van der Waals surface area contributed by atoms with Gasteiger partial charge in [0.1, 0.15) is 6.29 Å². The standard InChI is InChI=1S/C20H28O/c1-17(2)9-6-10-18(3)11-7-12-19(4)13-8-14-20(5)15-16-21/h6-10,12-16,18H,11H2,1-5H3/b10-6+,12-7+,14-8+,19-13+,20-15+/i5D3,14D,15D. The summed E-state index contributed by atoms with van der Waals surface area (Å²) in [5, 5.41) is 0. The van der Waals surface area contributed by atoms with Crippen LogP contribution in [0.1, 0.15) is 47.8 Å². The average molecular weight is 289 g/mol. The highest BCUT2D eigenvalue weighted by atomic mass is 16.1. The highest BCUT2D eigenvalue weighted by Gasteiger charge is 1.91. The number of aldehydes is 1. The molecule has 1 nitrogen and oxygen atoms in total. The molecule has 0 bridgehead atoms. The van der Waals surface area contributed by atoms with Gasteiger partial charge in [0.25, 0.3) is 0 Å². The molecular weight excluding hydrogens is 256 g/mol. The highest BCUT2D eigenvalue weighted by molar-refractivity contribution is 5.66. The number of allylic oxidation sites excluding steroid dienone is 12. The van der Waals surface area contributed by atoms with Gasteiger partial charge in [0.05, 0.1) is 2.74 Å². The Morgan fingerprint density at radius 1 is 1.19 bits per heavy atom. The molecule has 0 spiro atoms. The zero-order valence-corrected chi connectivity index (χ0v) is 13.3. The molecule has 0 aliphatic rings. The Morgan fingerprint density at radius 2 is 1.95 bits per heavy atom. The van der Waals surface area contributed by atoms with E-state index in [9.17, 15) is 4.79 Å². The van der Waals surface area contributed by atoms with Gasteiger partial charge in [0.15, 0.2) is 0 Å². The van der Waals surface area contributed by atoms with E-state index in [1.165, 1.54) is 11.6 Å². The van der Waals surface area contributed by atoms with Gasteiger partial charge in [0, 0.05) is 4.11 Å². The van der Waals surface area contributed by atoms with E-state index in [1.807, 2.05) is 39.0 Å². The van der Waals surface area contributed by atoms with Crippen molar-refractivity contribution in [1.82, 2.24) is 0 Å². The second-order valence-electron chi connectivity index (χ2n) is 5.10. The van der Waals surface area contributed by atoms with Gasteiger partial charge in [-0.2, -0.15) is 0 Å². The van der Waals surface area contributed by atoms with E-state index in [-0.39, 0.29) is 12.3 Å². The minimum atomic E-state index is -2.67. The summed E-state index contributed by atoms with van der Waals surface area (Å²) in [5.74, 6) is 0.389. The fraction of sp³-hybridized carbons (Fsp3) is 0.350. The van der Waals surface area contributed by atoms with E-state index in [0.29, 0.717) is 5.92 Å². The van der Waals surface area contributed by atoms with Crippen LogP contribution in [0.25, 0.3) is 0 Å². The van der Waals surface area contributed by atoms with Crippen molar-refractivity contribution in [3.8, 4) is 0 Å². The summed E-state index contributed by atoms with van der Waals surface area (Å²) in [6.45, 7) is 5.37. The predicted octanol–water partition coefficient (Wildman–Crippen LogP) is 5.74. The first kappa shape index (κ1) is 11.7. The molecule has 0 rings (SSSR count). The van der Waals surface area contributed by atoms with Crippen molar-refractivity contribution < 1.29 is 11.6 Å². The average Bonchev–Trinajstić information content (AvgIpc) is 2.51. The van der Waals surface area contributed by atoms with Crippen LogP contribution in [0.15, 0.2) is 71.4 Å². The van der Waals surface area contributed by atoms with Crippen LogP contribution in [0.3, 0.4) is 0 Å². The van der Waals surface area contributed by atoms with Crippen LogP contribution in [0.4, 0.5) is 0 Å². The predicted molar refractivity (Wildman–Crippen MR) is 94.2 cm³/mol. The maximum absolute atomic E-state index is 10.7. The Hall–Kier alpha value is -1.89. The number of hydrogen-bond acceptors (Lipinski definition) is 1. The van der Waals surface area contributed by atoms with Crippen LogP contribution < -0.4 is 0 Å². The molecule has 0 fully saturated rings. The smallest absolute Gasteiger partial charge is 0.143 e. The van der Waals surface area contributed by atoms with E-state index >= 15 is 0 Å². The fourth-order valence-electron chi connectivity index (χ4n) is 1.40. The van der Waals surface area contributed by atoms with Gasteiger partial charge in [0.2, 0.25) is 0 Å². The molecule has 0 amide bonds. The lowest BCUT2D eigenvalue weighted by atomic mass is 10.1. The van der Waals surface area contributed by atoms with Gasteiger partial charge in [-0.15, -0.1) is 0 Å². The second-order valence-corrected chi connectivity index (χ2v) is 5.10. The first-order valence-electron chi connectivity index (χ1n) is 9.49. The topological polar surface area (TPSA) is 17.1 Å². The summed E-state index contributed by atoms with van der Waals surface area (Å²) < 4.78 is 37.4. The molecular formula is C20H28O. The zero-order chi connectivity index (χ0) is 20.3. The van der Waals surface area contributed by atoms with Crippen molar-refractivity contribution >= 4 is 6.29 Å². The van der Waals surface area contributed by atoms with E-state index in [4.69, 9.17) is 6.85 Å². The molecule has 0 saturated carbocycles. The zero-order valence-electron chi connectivity index (χ0n) is 18.3. The summed E-state index contributed by atoms with van der Waals surface area (Å²) >= 11 is 0. The number of hydrogen-bond donors (Lipinski definition) is 0. The molecule has 0 heterocycles.